The zero-order valence-corrected chi connectivity index (χ0v) is 12.4. The van der Waals surface area contributed by atoms with Gasteiger partial charge in [-0.2, -0.15) is 0 Å². The summed E-state index contributed by atoms with van der Waals surface area (Å²) in [5, 5.41) is 3.30. The lowest BCUT2D eigenvalue weighted by molar-refractivity contribution is 0.0820. The van der Waals surface area contributed by atoms with Gasteiger partial charge in [0.25, 0.3) is 5.91 Å². The summed E-state index contributed by atoms with van der Waals surface area (Å²) in [6.07, 6.45) is 0. The van der Waals surface area contributed by atoms with Crippen LogP contribution in [0.2, 0.25) is 5.02 Å². The summed E-state index contributed by atoms with van der Waals surface area (Å²) in [7, 11) is 1.60. The lowest BCUT2D eigenvalue weighted by Crippen LogP contribution is -2.46. The number of carbonyl (C=O) groups is 1. The first-order valence-corrected chi connectivity index (χ1v) is 6.29. The minimum absolute atomic E-state index is 0.210. The first-order chi connectivity index (χ1) is 7.85. The predicted molar refractivity (Wildman–Crippen MR) is 72.6 cm³/mol. The number of hydrogen-bond acceptors (Lipinski definition) is 2. The van der Waals surface area contributed by atoms with Crippen LogP contribution in [0.25, 0.3) is 0 Å². The van der Waals surface area contributed by atoms with E-state index in [1.807, 2.05) is 13.8 Å². The molecule has 0 aliphatic rings. The van der Waals surface area contributed by atoms with Crippen LogP contribution in [-0.2, 0) is 4.74 Å². The molecule has 0 saturated heterocycles. The topological polar surface area (TPSA) is 38.3 Å². The molecule has 0 aromatic heterocycles. The molecule has 94 valence electrons. The Morgan fingerprint density at radius 3 is 2.76 bits per heavy atom. The Kier molecular flexibility index (Phi) is 4.98. The molecule has 1 rings (SSSR count). The first kappa shape index (κ1) is 14.5. The van der Waals surface area contributed by atoms with E-state index in [-0.39, 0.29) is 5.91 Å². The molecule has 5 heteroatoms. The molecule has 1 aromatic carbocycles. The van der Waals surface area contributed by atoms with E-state index >= 15 is 0 Å². The molecule has 0 bridgehead atoms. The normalized spacial score (nSPS) is 11.4. The Morgan fingerprint density at radius 1 is 1.53 bits per heavy atom. The van der Waals surface area contributed by atoms with Gasteiger partial charge in [0.05, 0.1) is 22.7 Å². The van der Waals surface area contributed by atoms with Gasteiger partial charge in [-0.15, -0.1) is 0 Å². The third-order valence-electron chi connectivity index (χ3n) is 2.13. The maximum absolute atomic E-state index is 12.0. The van der Waals surface area contributed by atoms with Crippen molar-refractivity contribution in [1.82, 2.24) is 5.32 Å². The van der Waals surface area contributed by atoms with Crippen LogP contribution in [0.4, 0.5) is 0 Å². The molecular weight excluding hydrogens is 305 g/mol. The summed E-state index contributed by atoms with van der Waals surface area (Å²) in [6, 6.07) is 5.17. The molecule has 0 spiro atoms. The van der Waals surface area contributed by atoms with Gasteiger partial charge >= 0.3 is 0 Å². The molecule has 0 saturated carbocycles. The van der Waals surface area contributed by atoms with Crippen LogP contribution in [0.15, 0.2) is 22.7 Å². The number of halogens is 2. The monoisotopic (exact) mass is 319 g/mol. The lowest BCUT2D eigenvalue weighted by atomic mass is 10.1. The van der Waals surface area contributed by atoms with Gasteiger partial charge in [0.15, 0.2) is 0 Å². The van der Waals surface area contributed by atoms with E-state index in [9.17, 15) is 4.79 Å². The summed E-state index contributed by atoms with van der Waals surface area (Å²) in [5.41, 5.74) is 0.0162. The van der Waals surface area contributed by atoms with Gasteiger partial charge in [-0.1, -0.05) is 27.5 Å². The van der Waals surface area contributed by atoms with Gasteiger partial charge in [0.1, 0.15) is 0 Å². The third-order valence-corrected chi connectivity index (χ3v) is 2.95. The van der Waals surface area contributed by atoms with Gasteiger partial charge < -0.3 is 10.1 Å². The van der Waals surface area contributed by atoms with E-state index in [2.05, 4.69) is 21.2 Å². The van der Waals surface area contributed by atoms with Crippen molar-refractivity contribution < 1.29 is 9.53 Å². The number of hydrogen-bond donors (Lipinski definition) is 1. The zero-order valence-electron chi connectivity index (χ0n) is 10.0. The molecule has 0 atom stereocenters. The lowest BCUT2D eigenvalue weighted by Gasteiger charge is -2.25. The molecule has 0 aliphatic heterocycles. The molecule has 0 aliphatic carbocycles. The third kappa shape index (κ3) is 4.30. The van der Waals surface area contributed by atoms with E-state index in [0.29, 0.717) is 17.2 Å². The van der Waals surface area contributed by atoms with Crippen molar-refractivity contribution in [2.75, 3.05) is 13.7 Å². The molecule has 3 nitrogen and oxygen atoms in total. The molecule has 1 N–H and O–H groups in total. The molecule has 0 fully saturated rings. The molecule has 1 aromatic rings. The fourth-order valence-corrected chi connectivity index (χ4v) is 2.01. The maximum atomic E-state index is 12.0. The fraction of sp³-hybridized carbons (Fsp3) is 0.417. The highest BCUT2D eigenvalue weighted by molar-refractivity contribution is 9.10. The van der Waals surface area contributed by atoms with Crippen molar-refractivity contribution in [1.29, 1.82) is 0 Å². The van der Waals surface area contributed by atoms with Gasteiger partial charge in [0, 0.05) is 11.6 Å². The molecule has 17 heavy (non-hydrogen) atoms. The number of methoxy groups -OCH3 is 1. The zero-order chi connectivity index (χ0) is 13.1. The van der Waals surface area contributed by atoms with Gasteiger partial charge in [-0.3, -0.25) is 4.79 Å². The van der Waals surface area contributed by atoms with Crippen LogP contribution < -0.4 is 5.32 Å². The largest absolute Gasteiger partial charge is 0.382 e. The summed E-state index contributed by atoms with van der Waals surface area (Å²) in [4.78, 5) is 12.0. The van der Waals surface area contributed by atoms with Crippen LogP contribution in [0.5, 0.6) is 0 Å². The minimum Gasteiger partial charge on any atom is -0.382 e. The Labute approximate surface area is 115 Å². The fourth-order valence-electron chi connectivity index (χ4n) is 1.44. The number of nitrogens with one attached hydrogen (secondary N) is 1. The average molecular weight is 321 g/mol. The van der Waals surface area contributed by atoms with E-state index in [1.54, 1.807) is 25.3 Å². The summed E-state index contributed by atoms with van der Waals surface area (Å²) >= 11 is 9.30. The molecule has 0 unspecified atom stereocenters. The van der Waals surface area contributed by atoms with Crippen molar-refractivity contribution in [3.63, 3.8) is 0 Å². The van der Waals surface area contributed by atoms with Gasteiger partial charge in [-0.05, 0) is 32.0 Å². The van der Waals surface area contributed by atoms with Gasteiger partial charge in [0.2, 0.25) is 0 Å². The number of carbonyl (C=O) groups excluding carboxylic acids is 1. The summed E-state index contributed by atoms with van der Waals surface area (Å²) in [5.74, 6) is -0.210. The van der Waals surface area contributed by atoms with Gasteiger partial charge in [-0.25, -0.2) is 0 Å². The number of rotatable bonds is 4. The predicted octanol–water partition coefficient (Wildman–Crippen LogP) is 3.26. The van der Waals surface area contributed by atoms with Crippen LogP contribution in [0.1, 0.15) is 24.2 Å². The van der Waals surface area contributed by atoms with Crippen molar-refractivity contribution in [2.24, 2.45) is 0 Å². The molecule has 1 amide bonds. The van der Waals surface area contributed by atoms with Crippen molar-refractivity contribution in [2.45, 2.75) is 19.4 Å². The second kappa shape index (κ2) is 5.85. The Balaban J connectivity index is 2.86. The Morgan fingerprint density at radius 2 is 2.18 bits per heavy atom. The highest BCUT2D eigenvalue weighted by Gasteiger charge is 2.22. The van der Waals surface area contributed by atoms with Crippen LogP contribution in [0.3, 0.4) is 0 Å². The van der Waals surface area contributed by atoms with E-state index in [0.717, 1.165) is 4.47 Å². The van der Waals surface area contributed by atoms with E-state index in [4.69, 9.17) is 16.3 Å². The molecular formula is C12H15BrClNO2. The second-order valence-corrected chi connectivity index (χ2v) is 5.72. The van der Waals surface area contributed by atoms with Crippen molar-refractivity contribution >= 4 is 33.4 Å². The molecule has 0 heterocycles. The Bertz CT molecular complexity index is 421. The number of amides is 1. The minimum atomic E-state index is -0.433. The number of ether oxygens (including phenoxy) is 1. The van der Waals surface area contributed by atoms with Crippen LogP contribution >= 0.6 is 27.5 Å². The molecule has 0 radical (unpaired) electrons. The number of benzene rings is 1. The average Bonchev–Trinajstić information content (AvgIpc) is 2.20. The standard InChI is InChI=1S/C12H15BrClNO2/c1-12(2,7-17-3)15-11(16)9-6-8(13)4-5-10(9)14/h4-6H,7H2,1-3H3,(H,15,16). The highest BCUT2D eigenvalue weighted by Crippen LogP contribution is 2.21. The summed E-state index contributed by atoms with van der Waals surface area (Å²) < 4.78 is 5.86. The smallest absolute Gasteiger partial charge is 0.253 e. The first-order valence-electron chi connectivity index (χ1n) is 5.12. The quantitative estimate of drug-likeness (QED) is 0.925. The van der Waals surface area contributed by atoms with Crippen molar-refractivity contribution in [3.05, 3.63) is 33.3 Å². The van der Waals surface area contributed by atoms with E-state index < -0.39 is 5.54 Å². The maximum Gasteiger partial charge on any atom is 0.253 e. The Hall–Kier alpha value is -0.580. The van der Waals surface area contributed by atoms with E-state index in [1.165, 1.54) is 0 Å². The van der Waals surface area contributed by atoms with Crippen LogP contribution in [0, 0.1) is 0 Å². The highest BCUT2D eigenvalue weighted by atomic mass is 79.9. The SMILES string of the molecule is COCC(C)(C)NC(=O)c1cc(Br)ccc1Cl. The second-order valence-electron chi connectivity index (χ2n) is 4.40. The van der Waals surface area contributed by atoms with Crippen molar-refractivity contribution in [3.8, 4) is 0 Å². The summed E-state index contributed by atoms with van der Waals surface area (Å²) in [6.45, 7) is 4.21. The van der Waals surface area contributed by atoms with Crippen LogP contribution in [-0.4, -0.2) is 25.2 Å².